The average molecular weight is 350 g/mol. The number of halogens is 1. The Morgan fingerprint density at radius 2 is 2.08 bits per heavy atom. The first-order chi connectivity index (χ1) is 12.0. The third-order valence-electron chi connectivity index (χ3n) is 4.48. The first-order valence-electron chi connectivity index (χ1n) is 8.60. The van der Waals surface area contributed by atoms with Crippen LogP contribution in [0.3, 0.4) is 0 Å². The smallest absolute Gasteiger partial charge is 0.241 e. The summed E-state index contributed by atoms with van der Waals surface area (Å²) in [6.45, 7) is 1.86. The van der Waals surface area contributed by atoms with Crippen LogP contribution in [0.2, 0.25) is 0 Å². The molecule has 138 valence electrons. The van der Waals surface area contributed by atoms with Gasteiger partial charge in [0.25, 0.3) is 0 Å². The zero-order valence-electron chi connectivity index (χ0n) is 15.1. The molecule has 7 heteroatoms. The Kier molecular flexibility index (Phi) is 6.90. The third-order valence-corrected chi connectivity index (χ3v) is 4.48. The maximum absolute atomic E-state index is 14.3. The van der Waals surface area contributed by atoms with Gasteiger partial charge in [-0.05, 0) is 33.0 Å². The van der Waals surface area contributed by atoms with E-state index < -0.39 is 17.9 Å². The van der Waals surface area contributed by atoms with Crippen LogP contribution in [0.4, 0.5) is 4.39 Å². The number of hydrogen-bond acceptors (Lipinski definition) is 4. The number of likely N-dealkylation sites (N-methyl/N-ethyl adjacent to an activating group) is 2. The minimum atomic E-state index is -0.807. The second-order valence-corrected chi connectivity index (χ2v) is 6.53. The number of benzene rings is 1. The molecule has 1 fully saturated rings. The highest BCUT2D eigenvalue weighted by Gasteiger charge is 2.39. The van der Waals surface area contributed by atoms with Crippen LogP contribution in [0.25, 0.3) is 0 Å². The number of hydrogen-bond donors (Lipinski definition) is 2. The van der Waals surface area contributed by atoms with E-state index in [9.17, 15) is 14.0 Å². The highest BCUT2D eigenvalue weighted by Crippen LogP contribution is 2.31. The van der Waals surface area contributed by atoms with Gasteiger partial charge in [0, 0.05) is 32.2 Å². The molecule has 2 unspecified atom stereocenters. The minimum Gasteiger partial charge on any atom is -0.358 e. The maximum Gasteiger partial charge on any atom is 0.241 e. The van der Waals surface area contributed by atoms with Crippen molar-refractivity contribution in [3.63, 3.8) is 0 Å². The molecule has 1 aliphatic rings. The SMILES string of the molecule is CNC(=O)C(c1ccccc1F)N1CCCC1C(=O)NCCN(C)C. The van der Waals surface area contributed by atoms with E-state index in [1.54, 1.807) is 18.2 Å². The van der Waals surface area contributed by atoms with Crippen LogP contribution in [0, 0.1) is 5.82 Å². The summed E-state index contributed by atoms with van der Waals surface area (Å²) in [6, 6.07) is 5.01. The highest BCUT2D eigenvalue weighted by atomic mass is 19.1. The van der Waals surface area contributed by atoms with Crippen molar-refractivity contribution < 1.29 is 14.0 Å². The molecule has 1 aliphatic heterocycles. The summed E-state index contributed by atoms with van der Waals surface area (Å²) in [7, 11) is 5.40. The quantitative estimate of drug-likeness (QED) is 0.762. The largest absolute Gasteiger partial charge is 0.358 e. The van der Waals surface area contributed by atoms with Crippen molar-refractivity contribution >= 4 is 11.8 Å². The van der Waals surface area contributed by atoms with Crippen LogP contribution >= 0.6 is 0 Å². The Morgan fingerprint density at radius 3 is 2.72 bits per heavy atom. The number of nitrogens with zero attached hydrogens (tertiary/aromatic N) is 2. The summed E-state index contributed by atoms with van der Waals surface area (Å²) in [4.78, 5) is 28.8. The molecule has 6 nitrogen and oxygen atoms in total. The van der Waals surface area contributed by atoms with Crippen molar-refractivity contribution in [3.8, 4) is 0 Å². The van der Waals surface area contributed by atoms with Gasteiger partial charge in [-0.25, -0.2) is 4.39 Å². The molecule has 25 heavy (non-hydrogen) atoms. The van der Waals surface area contributed by atoms with Gasteiger partial charge in [-0.1, -0.05) is 18.2 Å². The summed E-state index contributed by atoms with van der Waals surface area (Å²) in [6.07, 6.45) is 1.46. The van der Waals surface area contributed by atoms with Gasteiger partial charge in [0.1, 0.15) is 11.9 Å². The number of carbonyl (C=O) groups excluding carboxylic acids is 2. The van der Waals surface area contributed by atoms with Gasteiger partial charge in [0.2, 0.25) is 11.8 Å². The van der Waals surface area contributed by atoms with Crippen molar-refractivity contribution in [2.24, 2.45) is 0 Å². The molecule has 2 amide bonds. The zero-order chi connectivity index (χ0) is 18.4. The molecular formula is C18H27FN4O2. The predicted molar refractivity (Wildman–Crippen MR) is 94.5 cm³/mol. The fourth-order valence-electron chi connectivity index (χ4n) is 3.20. The number of likely N-dealkylation sites (tertiary alicyclic amines) is 1. The van der Waals surface area contributed by atoms with Crippen LogP contribution in [0.15, 0.2) is 24.3 Å². The van der Waals surface area contributed by atoms with Crippen molar-refractivity contribution in [2.45, 2.75) is 24.9 Å². The van der Waals surface area contributed by atoms with Gasteiger partial charge >= 0.3 is 0 Å². The Hall–Kier alpha value is -1.99. The highest BCUT2D eigenvalue weighted by molar-refractivity contribution is 5.86. The first-order valence-corrected chi connectivity index (χ1v) is 8.60. The van der Waals surface area contributed by atoms with Crippen molar-refractivity contribution in [3.05, 3.63) is 35.6 Å². The van der Waals surface area contributed by atoms with E-state index in [1.165, 1.54) is 13.1 Å². The Balaban J connectivity index is 2.20. The molecule has 1 aromatic carbocycles. The average Bonchev–Trinajstić information content (AvgIpc) is 3.05. The van der Waals surface area contributed by atoms with Crippen LogP contribution in [-0.2, 0) is 9.59 Å². The van der Waals surface area contributed by atoms with E-state index in [1.807, 2.05) is 23.9 Å². The van der Waals surface area contributed by atoms with Gasteiger partial charge in [-0.3, -0.25) is 14.5 Å². The number of nitrogens with one attached hydrogen (secondary N) is 2. The summed E-state index contributed by atoms with van der Waals surface area (Å²) in [5, 5.41) is 5.52. The number of rotatable bonds is 7. The van der Waals surface area contributed by atoms with E-state index in [2.05, 4.69) is 10.6 Å². The fourth-order valence-corrected chi connectivity index (χ4v) is 3.20. The Labute approximate surface area is 148 Å². The molecule has 1 aromatic rings. The summed E-state index contributed by atoms with van der Waals surface area (Å²) in [5.74, 6) is -0.850. The second-order valence-electron chi connectivity index (χ2n) is 6.53. The van der Waals surface area contributed by atoms with Crippen molar-refractivity contribution in [1.29, 1.82) is 0 Å². The lowest BCUT2D eigenvalue weighted by Crippen LogP contribution is -2.49. The normalized spacial score (nSPS) is 19.0. The first kappa shape index (κ1) is 19.3. The van der Waals surface area contributed by atoms with Gasteiger partial charge in [0.15, 0.2) is 0 Å². The van der Waals surface area contributed by atoms with E-state index in [0.29, 0.717) is 25.1 Å². The van der Waals surface area contributed by atoms with Gasteiger partial charge < -0.3 is 15.5 Å². The van der Waals surface area contributed by atoms with Crippen molar-refractivity contribution in [1.82, 2.24) is 20.4 Å². The van der Waals surface area contributed by atoms with Crippen LogP contribution in [-0.4, -0.2) is 68.4 Å². The van der Waals surface area contributed by atoms with Gasteiger partial charge in [0.05, 0.1) is 6.04 Å². The van der Waals surface area contributed by atoms with E-state index in [4.69, 9.17) is 0 Å². The molecule has 0 aromatic heterocycles. The Morgan fingerprint density at radius 1 is 1.36 bits per heavy atom. The molecule has 1 heterocycles. The van der Waals surface area contributed by atoms with Crippen molar-refractivity contribution in [2.75, 3.05) is 40.8 Å². The third kappa shape index (κ3) is 4.76. The lowest BCUT2D eigenvalue weighted by atomic mass is 10.0. The summed E-state index contributed by atoms with van der Waals surface area (Å²) >= 11 is 0. The molecule has 2 atom stereocenters. The number of carbonyl (C=O) groups is 2. The molecule has 1 saturated heterocycles. The molecule has 0 bridgehead atoms. The van der Waals surface area contributed by atoms with Gasteiger partial charge in [-0.2, -0.15) is 0 Å². The molecule has 2 N–H and O–H groups in total. The molecule has 2 rings (SSSR count). The standard InChI is InChI=1S/C18H27FN4O2/c1-20-18(25)16(13-7-4-5-8-14(13)19)23-11-6-9-15(23)17(24)21-10-12-22(2)3/h4-5,7-8,15-16H,6,9-12H2,1-3H3,(H,20,25)(H,21,24). The van der Waals surface area contributed by atoms with Crippen LogP contribution < -0.4 is 10.6 Å². The molecule has 0 radical (unpaired) electrons. The molecule has 0 aliphatic carbocycles. The lowest BCUT2D eigenvalue weighted by Gasteiger charge is -2.31. The Bertz CT molecular complexity index is 608. The van der Waals surface area contributed by atoms with Crippen LogP contribution in [0.1, 0.15) is 24.4 Å². The lowest BCUT2D eigenvalue weighted by molar-refractivity contribution is -0.131. The van der Waals surface area contributed by atoms with E-state index in [0.717, 1.165) is 13.0 Å². The predicted octanol–water partition coefficient (Wildman–Crippen LogP) is 0.755. The second kappa shape index (κ2) is 8.92. The van der Waals surface area contributed by atoms with E-state index in [-0.39, 0.29) is 11.8 Å². The van der Waals surface area contributed by atoms with E-state index >= 15 is 0 Å². The maximum atomic E-state index is 14.3. The summed E-state index contributed by atoms with van der Waals surface area (Å²) < 4.78 is 14.3. The monoisotopic (exact) mass is 350 g/mol. The van der Waals surface area contributed by atoms with Gasteiger partial charge in [-0.15, -0.1) is 0 Å². The summed E-state index contributed by atoms with van der Waals surface area (Å²) in [5.41, 5.74) is 0.301. The molecule has 0 spiro atoms. The number of amides is 2. The molecular weight excluding hydrogens is 323 g/mol. The van der Waals surface area contributed by atoms with Crippen LogP contribution in [0.5, 0.6) is 0 Å². The molecule has 0 saturated carbocycles. The topological polar surface area (TPSA) is 64.7 Å². The fraction of sp³-hybridized carbons (Fsp3) is 0.556. The zero-order valence-corrected chi connectivity index (χ0v) is 15.1. The minimum absolute atomic E-state index is 0.107.